The van der Waals surface area contributed by atoms with Gasteiger partial charge in [-0.25, -0.2) is 0 Å². The first-order valence-electron chi connectivity index (χ1n) is 6.21. The summed E-state index contributed by atoms with van der Waals surface area (Å²) < 4.78 is 2.11. The van der Waals surface area contributed by atoms with Crippen LogP contribution in [0.3, 0.4) is 0 Å². The predicted molar refractivity (Wildman–Crippen MR) is 80.6 cm³/mol. The average molecular weight is 331 g/mol. The van der Waals surface area contributed by atoms with Crippen molar-refractivity contribution >= 4 is 28.6 Å². The maximum atomic E-state index is 10.6. The highest BCUT2D eigenvalue weighted by Crippen LogP contribution is 2.22. The van der Waals surface area contributed by atoms with Gasteiger partial charge in [-0.15, -0.1) is 11.3 Å². The van der Waals surface area contributed by atoms with Crippen LogP contribution in [0.2, 0.25) is 4.34 Å². The Morgan fingerprint density at radius 1 is 1.62 bits per heavy atom. The van der Waals surface area contributed by atoms with Crippen molar-refractivity contribution in [2.45, 2.75) is 19.2 Å². The van der Waals surface area contributed by atoms with E-state index in [0.717, 1.165) is 9.21 Å². The summed E-state index contributed by atoms with van der Waals surface area (Å²) in [6.45, 7) is 1.33. The SMILES string of the molecule is CN(Cc1ccc(Cl)s1)CC(O)Cn1cc([N+](=O)[O-])cn1. The summed E-state index contributed by atoms with van der Waals surface area (Å²) in [5.74, 6) is 0. The average Bonchev–Trinajstić information content (AvgIpc) is 2.98. The van der Waals surface area contributed by atoms with Crippen LogP contribution in [-0.4, -0.2) is 44.4 Å². The highest BCUT2D eigenvalue weighted by atomic mass is 35.5. The zero-order valence-electron chi connectivity index (χ0n) is 11.3. The molecule has 2 heterocycles. The van der Waals surface area contributed by atoms with Crippen molar-refractivity contribution in [2.75, 3.05) is 13.6 Å². The molecule has 7 nitrogen and oxygen atoms in total. The minimum atomic E-state index is -0.662. The van der Waals surface area contributed by atoms with Crippen LogP contribution in [0, 0.1) is 10.1 Å². The van der Waals surface area contributed by atoms with Crippen LogP contribution in [-0.2, 0) is 13.1 Å². The summed E-state index contributed by atoms with van der Waals surface area (Å²) in [5.41, 5.74) is -0.0798. The van der Waals surface area contributed by atoms with Gasteiger partial charge in [-0.1, -0.05) is 11.6 Å². The van der Waals surface area contributed by atoms with Gasteiger partial charge in [0, 0.05) is 18.0 Å². The maximum Gasteiger partial charge on any atom is 0.306 e. The molecule has 2 aromatic heterocycles. The Morgan fingerprint density at radius 3 is 2.95 bits per heavy atom. The third-order valence-corrected chi connectivity index (χ3v) is 4.02. The number of likely N-dealkylation sites (N-methyl/N-ethyl adjacent to an activating group) is 1. The van der Waals surface area contributed by atoms with E-state index in [0.29, 0.717) is 13.1 Å². The minimum Gasteiger partial charge on any atom is -0.390 e. The summed E-state index contributed by atoms with van der Waals surface area (Å²) in [6, 6.07) is 3.79. The Hall–Kier alpha value is -1.48. The predicted octanol–water partition coefficient (Wildman–Crippen LogP) is 2.00. The molecule has 0 aliphatic rings. The van der Waals surface area contributed by atoms with E-state index in [9.17, 15) is 15.2 Å². The number of hydrogen-bond acceptors (Lipinski definition) is 6. The fraction of sp³-hybridized carbons (Fsp3) is 0.417. The van der Waals surface area contributed by atoms with Crippen molar-refractivity contribution in [2.24, 2.45) is 0 Å². The molecule has 0 bridgehead atoms. The van der Waals surface area contributed by atoms with Crippen molar-refractivity contribution in [3.8, 4) is 0 Å². The van der Waals surface area contributed by atoms with E-state index in [4.69, 9.17) is 11.6 Å². The molecule has 0 amide bonds. The summed E-state index contributed by atoms with van der Waals surface area (Å²) in [5, 5.41) is 24.4. The van der Waals surface area contributed by atoms with Gasteiger partial charge in [-0.3, -0.25) is 19.7 Å². The summed E-state index contributed by atoms with van der Waals surface area (Å²) in [6.07, 6.45) is 1.82. The van der Waals surface area contributed by atoms with Gasteiger partial charge in [-0.2, -0.15) is 5.10 Å². The molecule has 0 aliphatic heterocycles. The number of aliphatic hydroxyl groups is 1. The number of hydrogen-bond donors (Lipinski definition) is 1. The lowest BCUT2D eigenvalue weighted by molar-refractivity contribution is -0.385. The van der Waals surface area contributed by atoms with Crippen molar-refractivity contribution in [3.63, 3.8) is 0 Å². The molecule has 0 spiro atoms. The number of thiophene rings is 1. The highest BCUT2D eigenvalue weighted by molar-refractivity contribution is 7.16. The third-order valence-electron chi connectivity index (χ3n) is 2.81. The standard InChI is InChI=1S/C12H15ClN4O3S/c1-15(8-11-2-3-12(13)21-11)6-10(18)7-16-5-9(4-14-16)17(19)20/h2-5,10,18H,6-8H2,1H3. The molecule has 0 radical (unpaired) electrons. The molecule has 0 fully saturated rings. The van der Waals surface area contributed by atoms with Crippen LogP contribution in [0.1, 0.15) is 4.88 Å². The quantitative estimate of drug-likeness (QED) is 0.620. The maximum absolute atomic E-state index is 10.6. The number of aliphatic hydroxyl groups excluding tert-OH is 1. The lowest BCUT2D eigenvalue weighted by Crippen LogP contribution is -2.31. The van der Waals surface area contributed by atoms with Crippen LogP contribution < -0.4 is 0 Å². The highest BCUT2D eigenvalue weighted by Gasteiger charge is 2.14. The molecule has 1 atom stereocenters. The molecule has 0 saturated carbocycles. The smallest absolute Gasteiger partial charge is 0.306 e. The normalized spacial score (nSPS) is 12.8. The van der Waals surface area contributed by atoms with E-state index in [-0.39, 0.29) is 12.2 Å². The topological polar surface area (TPSA) is 84.4 Å². The molecular weight excluding hydrogens is 316 g/mol. The number of nitro groups is 1. The van der Waals surface area contributed by atoms with Gasteiger partial charge in [0.05, 0.1) is 21.9 Å². The second kappa shape index (κ2) is 6.99. The molecule has 114 valence electrons. The van der Waals surface area contributed by atoms with Gasteiger partial charge in [0.15, 0.2) is 0 Å². The molecular formula is C12H15ClN4O3S. The van der Waals surface area contributed by atoms with Crippen molar-refractivity contribution in [1.82, 2.24) is 14.7 Å². The van der Waals surface area contributed by atoms with Crippen LogP contribution in [0.15, 0.2) is 24.5 Å². The van der Waals surface area contributed by atoms with Gasteiger partial charge in [-0.05, 0) is 19.2 Å². The largest absolute Gasteiger partial charge is 0.390 e. The molecule has 1 unspecified atom stereocenters. The van der Waals surface area contributed by atoms with Crippen LogP contribution in [0.25, 0.3) is 0 Å². The van der Waals surface area contributed by atoms with Crippen molar-refractivity contribution in [3.05, 3.63) is 43.9 Å². The van der Waals surface area contributed by atoms with E-state index in [1.165, 1.54) is 28.4 Å². The second-order valence-corrected chi connectivity index (χ2v) is 6.53. The van der Waals surface area contributed by atoms with Crippen LogP contribution in [0.4, 0.5) is 5.69 Å². The molecule has 0 saturated heterocycles. The van der Waals surface area contributed by atoms with Gasteiger partial charge in [0.2, 0.25) is 0 Å². The van der Waals surface area contributed by atoms with E-state index >= 15 is 0 Å². The Labute approximate surface area is 130 Å². The van der Waals surface area contributed by atoms with Gasteiger partial charge >= 0.3 is 5.69 Å². The van der Waals surface area contributed by atoms with E-state index in [1.54, 1.807) is 0 Å². The lowest BCUT2D eigenvalue weighted by atomic mass is 10.3. The van der Waals surface area contributed by atoms with Crippen molar-refractivity contribution in [1.29, 1.82) is 0 Å². The monoisotopic (exact) mass is 330 g/mol. The molecule has 0 aromatic carbocycles. The Balaban J connectivity index is 1.82. The molecule has 2 aromatic rings. The zero-order valence-corrected chi connectivity index (χ0v) is 12.9. The first-order chi connectivity index (χ1) is 9.94. The van der Waals surface area contributed by atoms with E-state index < -0.39 is 11.0 Å². The summed E-state index contributed by atoms with van der Waals surface area (Å²) in [7, 11) is 1.89. The zero-order chi connectivity index (χ0) is 15.4. The van der Waals surface area contributed by atoms with Crippen LogP contribution in [0.5, 0.6) is 0 Å². The Kier molecular flexibility index (Phi) is 5.29. The fourth-order valence-corrected chi connectivity index (χ4v) is 3.12. The minimum absolute atomic E-state index is 0.0798. The third kappa shape index (κ3) is 4.78. The molecule has 9 heteroatoms. The Bertz CT molecular complexity index is 615. The molecule has 2 rings (SSSR count). The molecule has 1 N–H and O–H groups in total. The Morgan fingerprint density at radius 2 is 2.38 bits per heavy atom. The first-order valence-corrected chi connectivity index (χ1v) is 7.41. The number of rotatable bonds is 7. The fourth-order valence-electron chi connectivity index (χ4n) is 1.95. The van der Waals surface area contributed by atoms with Gasteiger partial charge < -0.3 is 5.11 Å². The summed E-state index contributed by atoms with van der Waals surface area (Å²) >= 11 is 7.37. The van der Waals surface area contributed by atoms with E-state index in [1.807, 2.05) is 24.1 Å². The number of halogens is 1. The van der Waals surface area contributed by atoms with E-state index in [2.05, 4.69) is 5.10 Å². The van der Waals surface area contributed by atoms with Crippen molar-refractivity contribution < 1.29 is 10.0 Å². The molecule has 0 aliphatic carbocycles. The van der Waals surface area contributed by atoms with Gasteiger partial charge in [0.25, 0.3) is 0 Å². The lowest BCUT2D eigenvalue weighted by Gasteiger charge is -2.19. The van der Waals surface area contributed by atoms with Gasteiger partial charge in [0.1, 0.15) is 12.4 Å². The molecule has 21 heavy (non-hydrogen) atoms. The number of nitrogens with zero attached hydrogens (tertiary/aromatic N) is 4. The van der Waals surface area contributed by atoms with Crippen LogP contribution >= 0.6 is 22.9 Å². The summed E-state index contributed by atoms with van der Waals surface area (Å²) in [4.78, 5) is 13.1. The number of aromatic nitrogens is 2. The first kappa shape index (κ1) is 15.9. The second-order valence-electron chi connectivity index (χ2n) is 4.73.